The Bertz CT molecular complexity index is 630. The van der Waals surface area contributed by atoms with E-state index in [0.717, 1.165) is 17.7 Å². The molecule has 0 aliphatic carbocycles. The molecule has 0 aliphatic heterocycles. The van der Waals surface area contributed by atoms with Gasteiger partial charge in [0.1, 0.15) is 0 Å². The zero-order valence-electron chi connectivity index (χ0n) is 12.9. The first-order valence-electron chi connectivity index (χ1n) is 7.50. The number of nitrogens with zero attached hydrogens (tertiary/aromatic N) is 2. The first-order chi connectivity index (χ1) is 11.2. The summed E-state index contributed by atoms with van der Waals surface area (Å²) in [7, 11) is 0. The highest BCUT2D eigenvalue weighted by Gasteiger charge is 2.15. The smallest absolute Gasteiger partial charge is 0.324 e. The molecule has 0 saturated heterocycles. The normalized spacial score (nSPS) is 10.1. The molecule has 1 aromatic heterocycles. The van der Waals surface area contributed by atoms with Gasteiger partial charge in [-0.05, 0) is 30.5 Å². The van der Waals surface area contributed by atoms with Crippen LogP contribution in [-0.2, 0) is 13.0 Å². The molecule has 0 radical (unpaired) electrons. The van der Waals surface area contributed by atoms with E-state index in [1.807, 2.05) is 48.5 Å². The largest absolute Gasteiger partial charge is 0.370 e. The Morgan fingerprint density at radius 2 is 1.91 bits per heavy atom. The van der Waals surface area contributed by atoms with E-state index in [9.17, 15) is 4.79 Å². The second-order valence-electron chi connectivity index (χ2n) is 5.11. The van der Waals surface area contributed by atoms with Gasteiger partial charge in [-0.3, -0.25) is 15.3 Å². The van der Waals surface area contributed by atoms with E-state index < -0.39 is 0 Å². The molecule has 2 aromatic rings. The van der Waals surface area contributed by atoms with Crippen molar-refractivity contribution in [2.45, 2.75) is 19.4 Å². The summed E-state index contributed by atoms with van der Waals surface area (Å²) in [5.74, 6) is -0.253. The van der Waals surface area contributed by atoms with Gasteiger partial charge in [0, 0.05) is 25.0 Å². The minimum absolute atomic E-state index is 0.253. The molecule has 0 saturated carbocycles. The fraction of sp³-hybridized carbons (Fsp3) is 0.235. The van der Waals surface area contributed by atoms with Crippen molar-refractivity contribution in [3.63, 3.8) is 0 Å². The monoisotopic (exact) mass is 311 g/mol. The Kier molecular flexibility index (Phi) is 6.11. The van der Waals surface area contributed by atoms with Crippen molar-refractivity contribution >= 4 is 12.0 Å². The number of urea groups is 1. The van der Waals surface area contributed by atoms with Crippen LogP contribution in [0.25, 0.3) is 0 Å². The van der Waals surface area contributed by atoms with E-state index in [2.05, 4.69) is 10.3 Å². The van der Waals surface area contributed by atoms with E-state index in [0.29, 0.717) is 19.5 Å². The third-order valence-electron chi connectivity index (χ3n) is 3.36. The molecule has 23 heavy (non-hydrogen) atoms. The predicted molar refractivity (Wildman–Crippen MR) is 89.9 cm³/mol. The molecule has 0 spiro atoms. The number of aromatic nitrogens is 1. The molecule has 2 rings (SSSR count). The molecule has 0 fully saturated rings. The van der Waals surface area contributed by atoms with Gasteiger partial charge >= 0.3 is 6.03 Å². The topological polar surface area (TPSA) is 95.1 Å². The summed E-state index contributed by atoms with van der Waals surface area (Å²) in [6, 6.07) is 15.0. The van der Waals surface area contributed by atoms with Gasteiger partial charge in [0.15, 0.2) is 5.96 Å². The summed E-state index contributed by atoms with van der Waals surface area (Å²) < 4.78 is 0. The van der Waals surface area contributed by atoms with Gasteiger partial charge in [-0.15, -0.1) is 0 Å². The van der Waals surface area contributed by atoms with Crippen LogP contribution < -0.4 is 11.1 Å². The van der Waals surface area contributed by atoms with Crippen molar-refractivity contribution in [2.24, 2.45) is 5.73 Å². The van der Waals surface area contributed by atoms with E-state index >= 15 is 0 Å². The van der Waals surface area contributed by atoms with Crippen LogP contribution >= 0.6 is 0 Å². The van der Waals surface area contributed by atoms with E-state index in [4.69, 9.17) is 11.1 Å². The van der Waals surface area contributed by atoms with Crippen molar-refractivity contribution < 1.29 is 4.79 Å². The van der Waals surface area contributed by atoms with Crippen LogP contribution in [0.1, 0.15) is 17.7 Å². The van der Waals surface area contributed by atoms with Gasteiger partial charge < -0.3 is 11.1 Å². The Balaban J connectivity index is 1.82. The number of nitrogens with one attached hydrogen (secondary N) is 2. The molecular formula is C17H21N5O. The van der Waals surface area contributed by atoms with Crippen LogP contribution in [0, 0.1) is 5.41 Å². The van der Waals surface area contributed by atoms with Crippen LogP contribution in [0.15, 0.2) is 54.7 Å². The Morgan fingerprint density at radius 1 is 1.17 bits per heavy atom. The predicted octanol–water partition coefficient (Wildman–Crippen LogP) is 2.12. The van der Waals surface area contributed by atoms with Gasteiger partial charge in [0.05, 0.1) is 0 Å². The molecule has 0 bridgehead atoms. The Labute approximate surface area is 135 Å². The lowest BCUT2D eigenvalue weighted by atomic mass is 10.2. The molecule has 120 valence electrons. The van der Waals surface area contributed by atoms with Crippen LogP contribution in [0.2, 0.25) is 0 Å². The molecule has 2 amide bonds. The lowest BCUT2D eigenvalue weighted by Crippen LogP contribution is -2.47. The molecule has 0 unspecified atom stereocenters. The summed E-state index contributed by atoms with van der Waals surface area (Å²) in [6.07, 6.45) is 3.16. The van der Waals surface area contributed by atoms with Gasteiger partial charge in [-0.1, -0.05) is 36.4 Å². The first-order valence-corrected chi connectivity index (χ1v) is 7.50. The number of carbonyl (C=O) groups is 1. The second-order valence-corrected chi connectivity index (χ2v) is 5.11. The highest BCUT2D eigenvalue weighted by Crippen LogP contribution is 2.02. The summed E-state index contributed by atoms with van der Waals surface area (Å²) in [5, 5.41) is 10.4. The van der Waals surface area contributed by atoms with E-state index in [-0.39, 0.29) is 12.0 Å². The summed E-state index contributed by atoms with van der Waals surface area (Å²) >= 11 is 0. The highest BCUT2D eigenvalue weighted by molar-refractivity contribution is 5.93. The van der Waals surface area contributed by atoms with Crippen molar-refractivity contribution in [1.82, 2.24) is 15.2 Å². The highest BCUT2D eigenvalue weighted by atomic mass is 16.2. The minimum atomic E-state index is -0.359. The standard InChI is InChI=1S/C17H21N5O/c18-16(19)22(12-6-10-15-9-4-5-11-20-15)17(23)21-13-14-7-2-1-3-8-14/h1-5,7-9,11H,6,10,12-13H2,(H3,18,19)(H,21,23). The third kappa shape index (κ3) is 5.43. The van der Waals surface area contributed by atoms with Crippen molar-refractivity contribution in [3.05, 3.63) is 66.0 Å². The zero-order valence-corrected chi connectivity index (χ0v) is 12.9. The number of amides is 2. The maximum atomic E-state index is 12.2. The molecule has 4 N–H and O–H groups in total. The number of hydrogen-bond acceptors (Lipinski definition) is 3. The fourth-order valence-electron chi connectivity index (χ4n) is 2.16. The molecule has 1 aromatic carbocycles. The van der Waals surface area contributed by atoms with Crippen molar-refractivity contribution in [2.75, 3.05) is 6.54 Å². The average Bonchev–Trinajstić information content (AvgIpc) is 2.58. The number of rotatable bonds is 6. The number of benzene rings is 1. The molecule has 0 atom stereocenters. The first kappa shape index (κ1) is 16.5. The maximum absolute atomic E-state index is 12.2. The number of pyridine rings is 1. The zero-order chi connectivity index (χ0) is 16.5. The molecule has 6 heteroatoms. The third-order valence-corrected chi connectivity index (χ3v) is 3.36. The van der Waals surface area contributed by atoms with Crippen molar-refractivity contribution in [1.29, 1.82) is 5.41 Å². The fourth-order valence-corrected chi connectivity index (χ4v) is 2.16. The Hall–Kier alpha value is -2.89. The summed E-state index contributed by atoms with van der Waals surface area (Å²) in [4.78, 5) is 17.7. The maximum Gasteiger partial charge on any atom is 0.324 e. The van der Waals surface area contributed by atoms with E-state index in [1.54, 1.807) is 6.20 Å². The lowest BCUT2D eigenvalue weighted by molar-refractivity contribution is 0.219. The van der Waals surface area contributed by atoms with Gasteiger partial charge in [-0.2, -0.15) is 0 Å². The lowest BCUT2D eigenvalue weighted by Gasteiger charge is -2.21. The quantitative estimate of drug-likeness (QED) is 0.563. The SMILES string of the molecule is N=C(N)N(CCCc1ccccn1)C(=O)NCc1ccccc1. The number of guanidine groups is 1. The molecule has 0 aliphatic rings. The van der Waals surface area contributed by atoms with Crippen LogP contribution in [0.4, 0.5) is 4.79 Å². The van der Waals surface area contributed by atoms with Crippen molar-refractivity contribution in [3.8, 4) is 0 Å². The number of hydrogen-bond donors (Lipinski definition) is 3. The van der Waals surface area contributed by atoms with E-state index in [1.165, 1.54) is 4.90 Å². The number of nitrogens with two attached hydrogens (primary N) is 1. The minimum Gasteiger partial charge on any atom is -0.370 e. The van der Waals surface area contributed by atoms with Crippen LogP contribution in [-0.4, -0.2) is 28.4 Å². The molecule has 1 heterocycles. The van der Waals surface area contributed by atoms with Gasteiger partial charge in [0.2, 0.25) is 0 Å². The van der Waals surface area contributed by atoms with Gasteiger partial charge in [0.25, 0.3) is 0 Å². The molecular weight excluding hydrogens is 290 g/mol. The number of aryl methyl sites for hydroxylation is 1. The average molecular weight is 311 g/mol. The van der Waals surface area contributed by atoms with Gasteiger partial charge in [-0.25, -0.2) is 4.79 Å². The van der Waals surface area contributed by atoms with Crippen LogP contribution in [0.5, 0.6) is 0 Å². The Morgan fingerprint density at radius 3 is 2.57 bits per heavy atom. The number of carbonyl (C=O) groups excluding carboxylic acids is 1. The second kappa shape index (κ2) is 8.53. The summed E-state index contributed by atoms with van der Waals surface area (Å²) in [5.41, 5.74) is 7.48. The summed E-state index contributed by atoms with van der Waals surface area (Å²) in [6.45, 7) is 0.788. The molecule has 6 nitrogen and oxygen atoms in total. The van der Waals surface area contributed by atoms with Crippen LogP contribution in [0.3, 0.4) is 0 Å².